The minimum absolute atomic E-state index is 0. The molecule has 6 nitrogen and oxygen atoms in total. The summed E-state index contributed by atoms with van der Waals surface area (Å²) in [5, 5.41) is 8.15. The molecule has 0 atom stereocenters. The number of hydrogen-bond donors (Lipinski definition) is 4. The first-order valence-electron chi connectivity index (χ1n) is 6.05. The molecule has 1 aromatic heterocycles. The van der Waals surface area contributed by atoms with Gasteiger partial charge in [-0.15, -0.1) is 24.8 Å². The first-order chi connectivity index (χ1) is 9.24. The van der Waals surface area contributed by atoms with Crippen molar-refractivity contribution in [3.05, 3.63) is 24.5 Å². The number of amides is 2. The molecule has 0 aliphatic rings. The topological polar surface area (TPSA) is 83.1 Å². The van der Waals surface area contributed by atoms with Crippen molar-refractivity contribution in [1.82, 2.24) is 15.6 Å². The van der Waals surface area contributed by atoms with Crippen LogP contribution in [-0.2, 0) is 9.59 Å². The third kappa shape index (κ3) is 10.4. The molecule has 0 aromatic carbocycles. The highest BCUT2D eigenvalue weighted by Crippen LogP contribution is 2.01. The van der Waals surface area contributed by atoms with Gasteiger partial charge in [0, 0.05) is 25.0 Å². The molecule has 0 aliphatic carbocycles. The van der Waals surface area contributed by atoms with Crippen molar-refractivity contribution in [1.29, 1.82) is 0 Å². The number of rotatable bonds is 7. The fraction of sp³-hybridized carbons (Fsp3) is 0.417. The predicted octanol–water partition coefficient (Wildman–Crippen LogP) is 0.889. The third-order valence-corrected chi connectivity index (χ3v) is 2.45. The maximum Gasteiger partial charge on any atom is 0.313 e. The van der Waals surface area contributed by atoms with E-state index >= 15 is 0 Å². The Kier molecular flexibility index (Phi) is 14.8. The lowest BCUT2D eigenvalue weighted by Crippen LogP contribution is -2.36. The van der Waals surface area contributed by atoms with Gasteiger partial charge >= 0.3 is 11.8 Å². The molecular formula is C12H20Cl2N4O2S. The lowest BCUT2D eigenvalue weighted by Gasteiger charge is -2.06. The summed E-state index contributed by atoms with van der Waals surface area (Å²) in [5.41, 5.74) is 0.498. The fourth-order valence-corrected chi connectivity index (χ4v) is 1.48. The highest BCUT2D eigenvalue weighted by molar-refractivity contribution is 7.80. The Morgan fingerprint density at radius 1 is 1.14 bits per heavy atom. The van der Waals surface area contributed by atoms with Crippen LogP contribution in [0.15, 0.2) is 24.5 Å². The van der Waals surface area contributed by atoms with E-state index in [9.17, 15) is 9.59 Å². The van der Waals surface area contributed by atoms with Gasteiger partial charge in [0.05, 0.1) is 11.9 Å². The van der Waals surface area contributed by atoms with E-state index in [0.717, 1.165) is 25.3 Å². The lowest BCUT2D eigenvalue weighted by molar-refractivity contribution is -0.136. The van der Waals surface area contributed by atoms with E-state index in [1.807, 2.05) is 0 Å². The molecule has 1 rings (SSSR count). The zero-order valence-corrected chi connectivity index (χ0v) is 13.9. The highest BCUT2D eigenvalue weighted by Gasteiger charge is 2.12. The van der Waals surface area contributed by atoms with Crippen LogP contribution < -0.4 is 16.0 Å². The molecule has 0 radical (unpaired) electrons. The monoisotopic (exact) mass is 354 g/mol. The number of pyridine rings is 1. The van der Waals surface area contributed by atoms with E-state index in [1.54, 1.807) is 18.3 Å². The summed E-state index contributed by atoms with van der Waals surface area (Å²) in [7, 11) is 0. The summed E-state index contributed by atoms with van der Waals surface area (Å²) in [5.74, 6) is -0.547. The van der Waals surface area contributed by atoms with E-state index in [1.165, 1.54) is 6.20 Å². The van der Waals surface area contributed by atoms with E-state index in [4.69, 9.17) is 0 Å². The van der Waals surface area contributed by atoms with Crippen molar-refractivity contribution in [2.75, 3.05) is 30.7 Å². The number of nitrogens with one attached hydrogen (secondary N) is 3. The maximum atomic E-state index is 11.5. The molecule has 0 bridgehead atoms. The second-order valence-electron chi connectivity index (χ2n) is 3.78. The van der Waals surface area contributed by atoms with E-state index in [-0.39, 0.29) is 24.8 Å². The van der Waals surface area contributed by atoms with Crippen molar-refractivity contribution < 1.29 is 9.59 Å². The second kappa shape index (κ2) is 13.9. The summed E-state index contributed by atoms with van der Waals surface area (Å²) in [4.78, 5) is 26.8. The Hall–Kier alpha value is -1.02. The van der Waals surface area contributed by atoms with Gasteiger partial charge in [-0.3, -0.25) is 14.6 Å². The number of carbonyl (C=O) groups excluding carboxylic acids is 2. The lowest BCUT2D eigenvalue weighted by atomic mass is 10.4. The SMILES string of the molecule is Cl.Cl.O=C(NCCCNCCS)C(=O)Nc1cccnc1. The molecule has 2 amide bonds. The number of anilines is 1. The average molecular weight is 355 g/mol. The van der Waals surface area contributed by atoms with Crippen LogP contribution >= 0.6 is 37.4 Å². The third-order valence-electron chi connectivity index (χ3n) is 2.23. The molecule has 0 spiro atoms. The quantitative estimate of drug-likeness (QED) is 0.333. The Balaban J connectivity index is 0. The van der Waals surface area contributed by atoms with Crippen molar-refractivity contribution in [2.45, 2.75) is 6.42 Å². The Morgan fingerprint density at radius 2 is 1.90 bits per heavy atom. The molecule has 0 aliphatic heterocycles. The van der Waals surface area contributed by atoms with Gasteiger partial charge in [-0.1, -0.05) is 0 Å². The van der Waals surface area contributed by atoms with E-state index in [2.05, 4.69) is 33.6 Å². The average Bonchev–Trinajstić information content (AvgIpc) is 2.43. The molecule has 9 heteroatoms. The maximum absolute atomic E-state index is 11.5. The molecule has 3 N–H and O–H groups in total. The summed E-state index contributed by atoms with van der Waals surface area (Å²) in [6.07, 6.45) is 3.83. The van der Waals surface area contributed by atoms with Crippen molar-refractivity contribution in [3.63, 3.8) is 0 Å². The van der Waals surface area contributed by atoms with Crippen molar-refractivity contribution in [2.24, 2.45) is 0 Å². The van der Waals surface area contributed by atoms with Gasteiger partial charge in [-0.05, 0) is 25.1 Å². The number of aromatic nitrogens is 1. The van der Waals surface area contributed by atoms with Crippen molar-refractivity contribution in [3.8, 4) is 0 Å². The molecule has 120 valence electrons. The summed E-state index contributed by atoms with van der Waals surface area (Å²) in [6, 6.07) is 3.35. The molecule has 0 saturated carbocycles. The molecule has 0 fully saturated rings. The van der Waals surface area contributed by atoms with Crippen LogP contribution in [0, 0.1) is 0 Å². The molecule has 0 unspecified atom stereocenters. The zero-order valence-electron chi connectivity index (χ0n) is 11.4. The van der Waals surface area contributed by atoms with Gasteiger partial charge in [0.25, 0.3) is 0 Å². The Bertz CT molecular complexity index is 410. The smallest absolute Gasteiger partial charge is 0.313 e. The number of hydrogen-bond acceptors (Lipinski definition) is 5. The summed E-state index contributed by atoms with van der Waals surface area (Å²) < 4.78 is 0. The normalized spacial score (nSPS) is 9.00. The molecule has 21 heavy (non-hydrogen) atoms. The number of nitrogens with zero attached hydrogens (tertiary/aromatic N) is 1. The largest absolute Gasteiger partial charge is 0.348 e. The van der Waals surface area contributed by atoms with Crippen LogP contribution in [0.2, 0.25) is 0 Å². The molecular weight excluding hydrogens is 335 g/mol. The number of carbonyl (C=O) groups is 2. The van der Waals surface area contributed by atoms with Gasteiger partial charge < -0.3 is 16.0 Å². The minimum atomic E-state index is -0.684. The van der Waals surface area contributed by atoms with Crippen LogP contribution in [0.3, 0.4) is 0 Å². The van der Waals surface area contributed by atoms with Gasteiger partial charge in [-0.2, -0.15) is 12.6 Å². The zero-order chi connectivity index (χ0) is 13.9. The summed E-state index contributed by atoms with van der Waals surface area (Å²) >= 11 is 4.06. The van der Waals surface area contributed by atoms with Gasteiger partial charge in [0.1, 0.15) is 0 Å². The highest BCUT2D eigenvalue weighted by atomic mass is 35.5. The minimum Gasteiger partial charge on any atom is -0.348 e. The van der Waals surface area contributed by atoms with Crippen LogP contribution in [0.1, 0.15) is 6.42 Å². The Morgan fingerprint density at radius 3 is 2.52 bits per heavy atom. The van der Waals surface area contributed by atoms with Crippen LogP contribution in [0.4, 0.5) is 5.69 Å². The van der Waals surface area contributed by atoms with Gasteiger partial charge in [0.15, 0.2) is 0 Å². The second-order valence-corrected chi connectivity index (χ2v) is 4.23. The van der Waals surface area contributed by atoms with Crippen LogP contribution in [0.25, 0.3) is 0 Å². The molecule has 1 aromatic rings. The van der Waals surface area contributed by atoms with E-state index < -0.39 is 11.8 Å². The van der Waals surface area contributed by atoms with E-state index in [0.29, 0.717) is 12.2 Å². The fourth-order valence-electron chi connectivity index (χ4n) is 1.32. The Labute approximate surface area is 142 Å². The van der Waals surface area contributed by atoms with Gasteiger partial charge in [-0.25, -0.2) is 0 Å². The standard InChI is InChI=1S/C12H18N4O2S.2ClH/c17-11(15-6-2-5-13-7-8-19)12(18)16-10-3-1-4-14-9-10;;/h1,3-4,9,13,19H,2,5-8H2,(H,15,17)(H,16,18);2*1H. The predicted molar refractivity (Wildman–Crippen MR) is 91.7 cm³/mol. The van der Waals surface area contributed by atoms with Crippen LogP contribution in [0.5, 0.6) is 0 Å². The van der Waals surface area contributed by atoms with Gasteiger partial charge in [0.2, 0.25) is 0 Å². The first kappa shape index (κ1) is 22.3. The number of thiol groups is 1. The first-order valence-corrected chi connectivity index (χ1v) is 6.68. The van der Waals surface area contributed by atoms with Crippen LogP contribution in [-0.4, -0.2) is 42.2 Å². The van der Waals surface area contributed by atoms with Crippen molar-refractivity contribution >= 4 is 54.9 Å². The molecule has 1 heterocycles. The summed E-state index contributed by atoms with van der Waals surface area (Å²) in [6.45, 7) is 2.07. The molecule has 0 saturated heterocycles. The number of halogens is 2.